The number of hydrogen-bond acceptors (Lipinski definition) is 4. The van der Waals surface area contributed by atoms with Crippen molar-refractivity contribution in [2.75, 3.05) is 5.83 Å². The van der Waals surface area contributed by atoms with E-state index in [1.807, 2.05) is 0 Å². The minimum Gasteiger partial charge on any atom is -0.391 e. The average Bonchev–Trinajstić information content (AvgIpc) is 2.87. The van der Waals surface area contributed by atoms with Gasteiger partial charge in [-0.25, -0.2) is 0 Å². The van der Waals surface area contributed by atoms with Crippen molar-refractivity contribution in [3.8, 4) is 0 Å². The lowest BCUT2D eigenvalue weighted by Gasteiger charge is -2.63. The van der Waals surface area contributed by atoms with E-state index in [0.29, 0.717) is 0 Å². The highest BCUT2D eigenvalue weighted by molar-refractivity contribution is 6.29. The van der Waals surface area contributed by atoms with Gasteiger partial charge in [0, 0.05) is 13.6 Å². The lowest BCUT2D eigenvalue weighted by Crippen LogP contribution is -2.68. The fourth-order valence-electron chi connectivity index (χ4n) is 6.62. The molecule has 0 bridgehead atoms. The second-order valence-electron chi connectivity index (χ2n) is 9.23. The quantitative estimate of drug-likeness (QED) is 0.656. The Bertz CT molecular complexity index is 1010. The number of Topliss-reactive ketones (excluding diaryl/α,β-unsaturated/α-hetero) is 1. The summed E-state index contributed by atoms with van der Waals surface area (Å²) in [5, 5.41) is 23.2. The van der Waals surface area contributed by atoms with Crippen molar-refractivity contribution in [3.63, 3.8) is 0 Å². The van der Waals surface area contributed by atoms with Gasteiger partial charge in [-0.1, -0.05) is 32.4 Å². The van der Waals surface area contributed by atoms with Crippen LogP contribution in [-0.4, -0.2) is 44.2 Å². The van der Waals surface area contributed by atoms with Gasteiger partial charge in [-0.15, -0.1) is 23.2 Å². The molecule has 2 N–H and O–H groups in total. The molecule has 0 amide bonds. The van der Waals surface area contributed by atoms with Gasteiger partial charge in [-0.05, 0) is 55.5 Å². The molecule has 0 unspecified atom stereocenters. The van der Waals surface area contributed by atoms with Crippen LogP contribution in [0.4, 0.5) is 0 Å². The molecular weight excluding hydrogens is 399 g/mol. The van der Waals surface area contributed by atoms with Gasteiger partial charge in [0.25, 0.3) is 0 Å². The van der Waals surface area contributed by atoms with Gasteiger partial charge in [-0.2, -0.15) is 0 Å². The molecule has 0 aromatic carbocycles. The maximum absolute atomic E-state index is 13.1. The van der Waals surface area contributed by atoms with Crippen LogP contribution in [0.1, 0.15) is 53.3 Å². The van der Waals surface area contributed by atoms with Crippen LogP contribution in [0.2, 0.25) is 0 Å². The first-order valence-corrected chi connectivity index (χ1v) is 10.3. The lowest BCUT2D eigenvalue weighted by molar-refractivity contribution is -0.175. The molecule has 0 aromatic rings. The van der Waals surface area contributed by atoms with Gasteiger partial charge in [0.2, 0.25) is 0 Å². The predicted molar refractivity (Wildman–Crippen MR) is 108 cm³/mol. The summed E-state index contributed by atoms with van der Waals surface area (Å²) in [7, 11) is 0. The topological polar surface area (TPSA) is 74.6 Å². The number of carbonyl (C=O) groups excluding carboxylic acids is 2. The number of halogens is 2. The summed E-state index contributed by atoms with van der Waals surface area (Å²) < 4.78 is 41.3. The van der Waals surface area contributed by atoms with Gasteiger partial charge in [0.05, 0.1) is 20.9 Å². The van der Waals surface area contributed by atoms with Crippen LogP contribution in [0.5, 0.6) is 0 Å². The SMILES string of the molecule is [2H]C1=C2C([2H])([2H])C[C@H]3[C@@H]4C[C@@H](C)[C@](O)(C(=O)C([2H])([2H])Cl)[C@@]4(C)C[C@H](O)[C@]3(Cl)[C@@]2(C)C=CC1=O. The largest absolute Gasteiger partial charge is 0.391 e. The minimum absolute atomic E-state index is 0.0640. The van der Waals surface area contributed by atoms with Crippen molar-refractivity contribution in [3.05, 3.63) is 23.8 Å². The van der Waals surface area contributed by atoms with E-state index in [4.69, 9.17) is 30.1 Å². The van der Waals surface area contributed by atoms with Crippen LogP contribution in [-0.2, 0) is 9.59 Å². The monoisotopic (exact) mass is 431 g/mol. The Morgan fingerprint density at radius 1 is 1.46 bits per heavy atom. The zero-order valence-corrected chi connectivity index (χ0v) is 17.6. The maximum Gasteiger partial charge on any atom is 0.179 e. The highest BCUT2D eigenvalue weighted by Gasteiger charge is 2.74. The van der Waals surface area contributed by atoms with Gasteiger partial charge in [-0.3, -0.25) is 9.59 Å². The molecule has 0 heterocycles. The Morgan fingerprint density at radius 2 is 2.14 bits per heavy atom. The lowest BCUT2D eigenvalue weighted by atomic mass is 9.45. The molecule has 154 valence electrons. The van der Waals surface area contributed by atoms with E-state index in [-0.39, 0.29) is 24.8 Å². The van der Waals surface area contributed by atoms with Crippen LogP contribution in [0.25, 0.3) is 0 Å². The summed E-state index contributed by atoms with van der Waals surface area (Å²) in [6.45, 7) is 4.86. The fourth-order valence-corrected chi connectivity index (χ4v) is 7.23. The summed E-state index contributed by atoms with van der Waals surface area (Å²) in [5.74, 6) is -6.63. The standard InChI is InChI=1S/C22H28Cl2O4/c1-12-8-16-15-5-4-13-9-14(25)6-7-19(13,2)21(15,24)17(26)10-20(16,3)22(12,28)18(27)11-23/h6-7,9,12,15-17,26,28H,4-5,8,10-11H2,1-3H3/t12-,15+,16+,17+,19+,20+,21+,22+/m1/s1/i4D2,9D,11D2. The Labute approximate surface area is 183 Å². The molecule has 28 heavy (non-hydrogen) atoms. The number of aliphatic hydroxyl groups excluding tert-OH is 1. The summed E-state index contributed by atoms with van der Waals surface area (Å²) >= 11 is 13.0. The third kappa shape index (κ3) is 2.16. The minimum atomic E-state index is -2.82. The van der Waals surface area contributed by atoms with E-state index < -0.39 is 75.0 Å². The zero-order chi connectivity index (χ0) is 25.2. The highest BCUT2D eigenvalue weighted by Crippen LogP contribution is 2.71. The van der Waals surface area contributed by atoms with Crippen LogP contribution in [0.3, 0.4) is 0 Å². The number of fused-ring (bicyclic) bond motifs is 5. The van der Waals surface area contributed by atoms with E-state index in [0.717, 1.165) is 0 Å². The molecule has 0 saturated heterocycles. The molecule has 4 rings (SSSR count). The Balaban J connectivity index is 1.93. The fraction of sp³-hybridized carbons (Fsp3) is 0.727. The normalized spacial score (nSPS) is 57.8. The average molecular weight is 432 g/mol. The number of rotatable bonds is 2. The summed E-state index contributed by atoms with van der Waals surface area (Å²) in [5.41, 5.74) is -4.93. The van der Waals surface area contributed by atoms with Crippen LogP contribution in [0.15, 0.2) is 23.8 Å². The number of carbonyl (C=O) groups is 2. The first kappa shape index (κ1) is 15.2. The zero-order valence-electron chi connectivity index (χ0n) is 21.1. The number of aliphatic hydroxyl groups is 2. The Kier molecular flexibility index (Phi) is 3.34. The molecule has 0 spiro atoms. The molecule has 3 saturated carbocycles. The van der Waals surface area contributed by atoms with Crippen LogP contribution in [0, 0.1) is 28.6 Å². The molecule has 0 aromatic heterocycles. The number of alkyl halides is 2. The van der Waals surface area contributed by atoms with E-state index in [9.17, 15) is 19.8 Å². The molecular formula is C22H28Cl2O4. The van der Waals surface area contributed by atoms with Gasteiger partial charge in [0.1, 0.15) is 5.60 Å². The smallest absolute Gasteiger partial charge is 0.179 e. The van der Waals surface area contributed by atoms with Gasteiger partial charge in [0.15, 0.2) is 11.6 Å². The second kappa shape index (κ2) is 6.16. The predicted octanol–water partition coefficient (Wildman–Crippen LogP) is 3.41. The van der Waals surface area contributed by atoms with Crippen molar-refractivity contribution < 1.29 is 26.7 Å². The summed E-state index contributed by atoms with van der Waals surface area (Å²) in [6.07, 6.45) is -0.905. The van der Waals surface area contributed by atoms with Crippen LogP contribution < -0.4 is 0 Å². The third-order valence-electron chi connectivity index (χ3n) is 8.20. The third-order valence-corrected chi connectivity index (χ3v) is 9.30. The van der Waals surface area contributed by atoms with E-state index in [1.165, 1.54) is 12.2 Å². The molecule has 6 heteroatoms. The molecule has 0 aliphatic heterocycles. The van der Waals surface area contributed by atoms with E-state index >= 15 is 0 Å². The first-order chi connectivity index (χ1) is 14.8. The van der Waals surface area contributed by atoms with Crippen molar-refractivity contribution >= 4 is 34.8 Å². The Morgan fingerprint density at radius 3 is 2.79 bits per heavy atom. The van der Waals surface area contributed by atoms with Crippen LogP contribution >= 0.6 is 23.2 Å². The van der Waals surface area contributed by atoms with Crippen molar-refractivity contribution in [1.29, 1.82) is 0 Å². The molecule has 4 nitrogen and oxygen atoms in total. The Hall–Kier alpha value is -0.680. The molecule has 4 aliphatic rings. The highest BCUT2D eigenvalue weighted by atomic mass is 35.5. The maximum atomic E-state index is 13.1. The molecule has 8 atom stereocenters. The van der Waals surface area contributed by atoms with E-state index in [1.54, 1.807) is 20.8 Å². The van der Waals surface area contributed by atoms with Gasteiger partial charge >= 0.3 is 0 Å². The van der Waals surface area contributed by atoms with Crippen molar-refractivity contribution in [2.24, 2.45) is 28.6 Å². The van der Waals surface area contributed by atoms with Gasteiger partial charge < -0.3 is 10.2 Å². The van der Waals surface area contributed by atoms with Crippen molar-refractivity contribution in [2.45, 2.75) is 63.0 Å². The summed E-state index contributed by atoms with van der Waals surface area (Å²) in [6, 6.07) is -0.467. The summed E-state index contributed by atoms with van der Waals surface area (Å²) in [4.78, 5) is 23.8. The molecule has 0 radical (unpaired) electrons. The van der Waals surface area contributed by atoms with E-state index in [2.05, 4.69) is 0 Å². The number of hydrogen-bond donors (Lipinski definition) is 2. The molecule has 4 aliphatic carbocycles. The molecule has 3 fully saturated rings. The number of ketones is 2. The number of allylic oxidation sites excluding steroid dienone is 4. The van der Waals surface area contributed by atoms with Crippen molar-refractivity contribution in [1.82, 2.24) is 0 Å². The first-order valence-electron chi connectivity index (χ1n) is 12.1. The second-order valence-corrected chi connectivity index (χ2v) is 10.0.